The molecule has 1 aliphatic heterocycles. The highest BCUT2D eigenvalue weighted by atomic mass is 16.5. The van der Waals surface area contributed by atoms with Crippen LogP contribution in [0.4, 0.5) is 11.4 Å². The summed E-state index contributed by atoms with van der Waals surface area (Å²) in [5, 5.41) is 8.41. The van der Waals surface area contributed by atoms with Gasteiger partial charge in [0.05, 0.1) is 20.1 Å². The van der Waals surface area contributed by atoms with Gasteiger partial charge in [-0.3, -0.25) is 14.9 Å². The zero-order chi connectivity index (χ0) is 19.9. The summed E-state index contributed by atoms with van der Waals surface area (Å²) in [5.74, 6) is 1.04. The Labute approximate surface area is 162 Å². The molecule has 0 saturated carbocycles. The number of methoxy groups -OCH3 is 1. The molecule has 2 amide bonds. The molecule has 28 heavy (non-hydrogen) atoms. The lowest BCUT2D eigenvalue weighted by atomic mass is 10.1. The number of amides is 2. The number of nitrogens with zero attached hydrogens (tertiary/aromatic N) is 1. The lowest BCUT2D eigenvalue weighted by molar-refractivity contribution is -0.124. The van der Waals surface area contributed by atoms with Crippen LogP contribution in [0.15, 0.2) is 53.5 Å². The fourth-order valence-corrected chi connectivity index (χ4v) is 2.65. The van der Waals surface area contributed by atoms with E-state index >= 15 is 0 Å². The minimum Gasteiger partial charge on any atom is -0.497 e. The highest BCUT2D eigenvalue weighted by molar-refractivity contribution is 6.10. The summed E-state index contributed by atoms with van der Waals surface area (Å²) in [5.41, 5.74) is 1.33. The molecular weight excluding hydrogens is 360 g/mol. The monoisotopic (exact) mass is 382 g/mol. The van der Waals surface area contributed by atoms with Crippen molar-refractivity contribution in [2.45, 2.75) is 19.4 Å². The molecule has 1 atom stereocenters. The molecule has 0 radical (unpaired) electrons. The average Bonchev–Trinajstić information content (AvgIpc) is 2.70. The van der Waals surface area contributed by atoms with Crippen LogP contribution in [-0.4, -0.2) is 37.5 Å². The number of nitrogens with one attached hydrogen (secondary N) is 3. The number of hydrogen-bond acceptors (Lipinski definition) is 6. The first-order chi connectivity index (χ1) is 13.6. The van der Waals surface area contributed by atoms with E-state index in [9.17, 15) is 9.59 Å². The van der Waals surface area contributed by atoms with Crippen LogP contribution in [0, 0.1) is 0 Å². The van der Waals surface area contributed by atoms with E-state index in [-0.39, 0.29) is 24.2 Å². The molecule has 8 nitrogen and oxygen atoms in total. The predicted octanol–water partition coefficient (Wildman–Crippen LogP) is 2.39. The number of benzene rings is 2. The standard InChI is InChI=1S/C20H22N4O4/c1-3-28-16-10-6-14(7-11-16)22-20-23-17(12-18(25)24-20)19(26)21-13-4-8-15(27-2)9-5-13/h4-11,17H,3,12H2,1-2H3,(H,21,26)(H2,22,23,24,25). The van der Waals surface area contributed by atoms with Gasteiger partial charge in [-0.2, -0.15) is 0 Å². The van der Waals surface area contributed by atoms with Gasteiger partial charge in [0.25, 0.3) is 0 Å². The molecule has 8 heteroatoms. The molecular formula is C20H22N4O4. The topological polar surface area (TPSA) is 101 Å². The molecule has 0 aliphatic carbocycles. The molecule has 2 aromatic rings. The normalized spacial score (nSPS) is 15.9. The zero-order valence-corrected chi connectivity index (χ0v) is 15.7. The fraction of sp³-hybridized carbons (Fsp3) is 0.250. The maximum atomic E-state index is 12.5. The molecule has 2 aromatic carbocycles. The summed E-state index contributed by atoms with van der Waals surface area (Å²) in [4.78, 5) is 28.8. The van der Waals surface area contributed by atoms with Crippen molar-refractivity contribution in [1.29, 1.82) is 0 Å². The Hall–Kier alpha value is -3.55. The van der Waals surface area contributed by atoms with Crippen molar-refractivity contribution in [1.82, 2.24) is 5.32 Å². The van der Waals surface area contributed by atoms with Gasteiger partial charge in [-0.05, 0) is 55.5 Å². The maximum absolute atomic E-state index is 12.5. The van der Waals surface area contributed by atoms with Crippen molar-refractivity contribution in [3.63, 3.8) is 0 Å². The second-order valence-electron chi connectivity index (χ2n) is 6.05. The van der Waals surface area contributed by atoms with Crippen molar-refractivity contribution >= 4 is 29.1 Å². The Morgan fingerprint density at radius 2 is 1.75 bits per heavy atom. The average molecular weight is 382 g/mol. The first-order valence-electron chi connectivity index (χ1n) is 8.90. The Kier molecular flexibility index (Phi) is 6.11. The zero-order valence-electron chi connectivity index (χ0n) is 15.7. The Morgan fingerprint density at radius 1 is 1.11 bits per heavy atom. The quantitative estimate of drug-likeness (QED) is 0.712. The number of anilines is 2. The smallest absolute Gasteiger partial charge is 0.249 e. The molecule has 1 heterocycles. The Morgan fingerprint density at radius 3 is 2.39 bits per heavy atom. The third kappa shape index (κ3) is 5.00. The molecule has 0 fully saturated rings. The minimum absolute atomic E-state index is 0.0174. The summed E-state index contributed by atoms with van der Waals surface area (Å²) in [7, 11) is 1.57. The number of carbonyl (C=O) groups excluding carboxylic acids is 2. The highest BCUT2D eigenvalue weighted by Gasteiger charge is 2.27. The first-order valence-corrected chi connectivity index (χ1v) is 8.90. The lowest BCUT2D eigenvalue weighted by Crippen LogP contribution is -2.45. The minimum atomic E-state index is -0.818. The molecule has 0 saturated heterocycles. The van der Waals surface area contributed by atoms with E-state index in [0.29, 0.717) is 18.0 Å². The van der Waals surface area contributed by atoms with E-state index in [1.165, 1.54) is 0 Å². The van der Waals surface area contributed by atoms with Crippen molar-refractivity contribution in [2.24, 2.45) is 4.99 Å². The van der Waals surface area contributed by atoms with Crippen LogP contribution in [0.3, 0.4) is 0 Å². The third-order valence-electron chi connectivity index (χ3n) is 4.01. The van der Waals surface area contributed by atoms with Crippen LogP contribution in [0.25, 0.3) is 0 Å². The van der Waals surface area contributed by atoms with E-state index in [0.717, 1.165) is 11.4 Å². The van der Waals surface area contributed by atoms with Gasteiger partial charge in [-0.1, -0.05) is 0 Å². The molecule has 146 valence electrons. The van der Waals surface area contributed by atoms with E-state index < -0.39 is 6.04 Å². The van der Waals surface area contributed by atoms with Crippen molar-refractivity contribution in [2.75, 3.05) is 24.4 Å². The van der Waals surface area contributed by atoms with Gasteiger partial charge in [-0.15, -0.1) is 0 Å². The molecule has 0 spiro atoms. The largest absolute Gasteiger partial charge is 0.497 e. The van der Waals surface area contributed by atoms with Gasteiger partial charge in [0.2, 0.25) is 17.8 Å². The van der Waals surface area contributed by atoms with Crippen LogP contribution < -0.4 is 25.4 Å². The molecule has 1 unspecified atom stereocenters. The number of hydrogen-bond donors (Lipinski definition) is 3. The number of rotatable bonds is 6. The summed E-state index contributed by atoms with van der Waals surface area (Å²) in [6.45, 7) is 2.50. The summed E-state index contributed by atoms with van der Waals surface area (Å²) < 4.78 is 10.5. The SMILES string of the molecule is CCOc1ccc(NC2=NC(C(=O)Nc3ccc(OC)cc3)CC(=O)N2)cc1. The van der Waals surface area contributed by atoms with Crippen molar-refractivity contribution in [3.05, 3.63) is 48.5 Å². The predicted molar refractivity (Wildman–Crippen MR) is 107 cm³/mol. The molecule has 1 aliphatic rings. The van der Waals surface area contributed by atoms with Gasteiger partial charge in [0, 0.05) is 11.4 Å². The first kappa shape index (κ1) is 19.2. The number of aliphatic imine (C=N–C) groups is 1. The van der Waals surface area contributed by atoms with Crippen LogP contribution in [-0.2, 0) is 9.59 Å². The maximum Gasteiger partial charge on any atom is 0.249 e. The molecule has 3 N–H and O–H groups in total. The van der Waals surface area contributed by atoms with Crippen LogP contribution in [0.2, 0.25) is 0 Å². The Bertz CT molecular complexity index is 863. The van der Waals surface area contributed by atoms with Gasteiger partial charge in [-0.25, -0.2) is 4.99 Å². The van der Waals surface area contributed by atoms with Gasteiger partial charge in [0.1, 0.15) is 17.5 Å². The van der Waals surface area contributed by atoms with Crippen LogP contribution >= 0.6 is 0 Å². The third-order valence-corrected chi connectivity index (χ3v) is 4.01. The number of ether oxygens (including phenoxy) is 2. The van der Waals surface area contributed by atoms with Crippen LogP contribution in [0.1, 0.15) is 13.3 Å². The lowest BCUT2D eigenvalue weighted by Gasteiger charge is -2.21. The molecule has 0 bridgehead atoms. The summed E-state index contributed by atoms with van der Waals surface area (Å²) >= 11 is 0. The van der Waals surface area contributed by atoms with Gasteiger partial charge >= 0.3 is 0 Å². The van der Waals surface area contributed by atoms with E-state index in [1.807, 2.05) is 19.1 Å². The Balaban J connectivity index is 1.66. The van der Waals surface area contributed by atoms with E-state index in [2.05, 4.69) is 20.9 Å². The number of carbonyl (C=O) groups is 2. The fourth-order valence-electron chi connectivity index (χ4n) is 2.65. The van der Waals surface area contributed by atoms with Gasteiger partial charge in [0.15, 0.2) is 0 Å². The molecule has 3 rings (SSSR count). The second-order valence-corrected chi connectivity index (χ2v) is 6.05. The summed E-state index contributed by atoms with van der Waals surface area (Å²) in [6.07, 6.45) is -0.0174. The van der Waals surface area contributed by atoms with Gasteiger partial charge < -0.3 is 20.1 Å². The molecule has 0 aromatic heterocycles. The second kappa shape index (κ2) is 8.90. The highest BCUT2D eigenvalue weighted by Crippen LogP contribution is 2.18. The number of guanidine groups is 1. The van der Waals surface area contributed by atoms with Crippen LogP contribution in [0.5, 0.6) is 11.5 Å². The summed E-state index contributed by atoms with van der Waals surface area (Å²) in [6, 6.07) is 13.3. The van der Waals surface area contributed by atoms with Crippen molar-refractivity contribution < 1.29 is 19.1 Å². The van der Waals surface area contributed by atoms with Crippen molar-refractivity contribution in [3.8, 4) is 11.5 Å². The van der Waals surface area contributed by atoms with E-state index in [1.54, 1.807) is 43.5 Å². The van der Waals surface area contributed by atoms with E-state index in [4.69, 9.17) is 9.47 Å².